The molecule has 0 saturated carbocycles. The van der Waals surface area contributed by atoms with Crippen molar-refractivity contribution in [3.8, 4) is 5.75 Å². The van der Waals surface area contributed by atoms with E-state index in [0.29, 0.717) is 37.2 Å². The molecule has 0 spiro atoms. The van der Waals surface area contributed by atoms with Crippen molar-refractivity contribution in [2.45, 2.75) is 44.8 Å². The van der Waals surface area contributed by atoms with E-state index in [1.807, 2.05) is 85.7 Å². The minimum absolute atomic E-state index is 0.0506. The fourth-order valence-corrected chi connectivity index (χ4v) is 4.20. The number of nitrogens with two attached hydrogens (primary N) is 1. The molecule has 0 bridgehead atoms. The highest BCUT2D eigenvalue weighted by molar-refractivity contribution is 6.01. The highest BCUT2D eigenvalue weighted by Gasteiger charge is 2.24. The SMILES string of the molecule is C[C@@H](NCCCc1ccccc1C(=O)[C@H](Cc1ccc(OC(=O)NCc2ccccc2)cc1)N(C)C)C(N)=O. The predicted octanol–water partition coefficient (Wildman–Crippen LogP) is 3.73. The van der Waals surface area contributed by atoms with Crippen molar-refractivity contribution in [2.75, 3.05) is 20.6 Å². The van der Waals surface area contributed by atoms with Crippen molar-refractivity contribution in [3.63, 3.8) is 0 Å². The lowest BCUT2D eigenvalue weighted by Gasteiger charge is -2.24. The summed E-state index contributed by atoms with van der Waals surface area (Å²) >= 11 is 0. The molecule has 8 nitrogen and oxygen atoms in total. The third kappa shape index (κ3) is 9.35. The van der Waals surface area contributed by atoms with Crippen LogP contribution in [0.4, 0.5) is 4.79 Å². The minimum atomic E-state index is -0.524. The van der Waals surface area contributed by atoms with Crippen LogP contribution < -0.4 is 21.1 Å². The molecule has 2 amide bonds. The van der Waals surface area contributed by atoms with Gasteiger partial charge in [0.25, 0.3) is 0 Å². The number of Topliss-reactive ketones (excluding diaryl/α,β-unsaturated/α-hetero) is 1. The second-order valence-electron chi connectivity index (χ2n) is 9.76. The Balaban J connectivity index is 1.59. The normalized spacial score (nSPS) is 12.5. The maximum Gasteiger partial charge on any atom is 0.412 e. The van der Waals surface area contributed by atoms with Crippen LogP contribution in [-0.2, 0) is 24.2 Å². The summed E-state index contributed by atoms with van der Waals surface area (Å²) in [7, 11) is 3.80. The first-order valence-electron chi connectivity index (χ1n) is 13.1. The van der Waals surface area contributed by atoms with Crippen LogP contribution in [0.1, 0.15) is 40.4 Å². The van der Waals surface area contributed by atoms with Crippen LogP contribution >= 0.6 is 0 Å². The Morgan fingerprint density at radius 3 is 2.23 bits per heavy atom. The Morgan fingerprint density at radius 1 is 0.897 bits per heavy atom. The number of ether oxygens (including phenoxy) is 1. The van der Waals surface area contributed by atoms with Gasteiger partial charge < -0.3 is 21.1 Å². The molecule has 8 heteroatoms. The first-order chi connectivity index (χ1) is 18.7. The molecule has 0 heterocycles. The van der Waals surface area contributed by atoms with E-state index in [0.717, 1.165) is 23.1 Å². The van der Waals surface area contributed by atoms with Crippen LogP contribution in [0.2, 0.25) is 0 Å². The Labute approximate surface area is 230 Å². The minimum Gasteiger partial charge on any atom is -0.410 e. The van der Waals surface area contributed by atoms with Gasteiger partial charge in [-0.1, -0.05) is 66.7 Å². The molecular formula is C31H38N4O4. The average molecular weight is 531 g/mol. The maximum absolute atomic E-state index is 13.6. The Morgan fingerprint density at radius 2 is 1.56 bits per heavy atom. The van der Waals surface area contributed by atoms with Gasteiger partial charge in [-0.2, -0.15) is 0 Å². The topological polar surface area (TPSA) is 114 Å². The van der Waals surface area contributed by atoms with E-state index in [9.17, 15) is 14.4 Å². The standard InChI is InChI=1S/C31H38N4O4/c1-22(30(32)37)33-19-9-13-25-12-7-8-14-27(25)29(36)28(35(2)3)20-23-15-17-26(18-16-23)39-31(38)34-21-24-10-5-4-6-11-24/h4-8,10-12,14-18,22,28,33H,9,13,19-21H2,1-3H3,(H2,32,37)(H,34,38)/t22-,28+/m1/s1. The van der Waals surface area contributed by atoms with Gasteiger partial charge in [-0.05, 0) is 75.6 Å². The predicted molar refractivity (Wildman–Crippen MR) is 153 cm³/mol. The zero-order valence-electron chi connectivity index (χ0n) is 22.9. The van der Waals surface area contributed by atoms with Crippen LogP contribution in [0.15, 0.2) is 78.9 Å². The van der Waals surface area contributed by atoms with Crippen molar-refractivity contribution < 1.29 is 19.1 Å². The molecule has 0 aliphatic carbocycles. The van der Waals surface area contributed by atoms with Crippen LogP contribution in [0.3, 0.4) is 0 Å². The summed E-state index contributed by atoms with van der Waals surface area (Å²) < 4.78 is 5.39. The van der Waals surface area contributed by atoms with Crippen molar-refractivity contribution in [1.29, 1.82) is 0 Å². The molecular weight excluding hydrogens is 492 g/mol. The van der Waals surface area contributed by atoms with Gasteiger partial charge >= 0.3 is 6.09 Å². The number of amides is 2. The number of hydrogen-bond donors (Lipinski definition) is 3. The van der Waals surface area contributed by atoms with E-state index in [1.54, 1.807) is 19.1 Å². The Kier molecular flexibility index (Phi) is 11.2. The van der Waals surface area contributed by atoms with Gasteiger partial charge in [0.2, 0.25) is 5.91 Å². The number of primary amides is 1. The average Bonchev–Trinajstić information content (AvgIpc) is 2.94. The van der Waals surface area contributed by atoms with E-state index >= 15 is 0 Å². The molecule has 0 aliphatic heterocycles. The quantitative estimate of drug-likeness (QED) is 0.216. The maximum atomic E-state index is 13.6. The van der Waals surface area contributed by atoms with Gasteiger partial charge in [0.05, 0.1) is 12.1 Å². The molecule has 3 aromatic rings. The molecule has 3 aromatic carbocycles. The fourth-order valence-electron chi connectivity index (χ4n) is 4.20. The smallest absolute Gasteiger partial charge is 0.410 e. The van der Waals surface area contributed by atoms with Crippen LogP contribution in [0.5, 0.6) is 5.75 Å². The van der Waals surface area contributed by atoms with E-state index in [-0.39, 0.29) is 23.8 Å². The number of nitrogens with zero attached hydrogens (tertiary/aromatic N) is 1. The van der Waals surface area contributed by atoms with Crippen molar-refractivity contribution >= 4 is 17.8 Å². The van der Waals surface area contributed by atoms with Gasteiger partial charge in [0.1, 0.15) is 5.75 Å². The van der Waals surface area contributed by atoms with Crippen LogP contribution in [0.25, 0.3) is 0 Å². The molecule has 0 unspecified atom stereocenters. The molecule has 39 heavy (non-hydrogen) atoms. The summed E-state index contributed by atoms with van der Waals surface area (Å²) in [6, 6.07) is 23.8. The molecule has 4 N–H and O–H groups in total. The largest absolute Gasteiger partial charge is 0.412 e. The number of rotatable bonds is 14. The lowest BCUT2D eigenvalue weighted by Crippen LogP contribution is -2.39. The Hall–Kier alpha value is -4.01. The molecule has 0 saturated heterocycles. The summed E-state index contributed by atoms with van der Waals surface area (Å²) in [5.74, 6) is 0.0988. The van der Waals surface area contributed by atoms with Gasteiger partial charge in [0, 0.05) is 12.1 Å². The van der Waals surface area contributed by atoms with Gasteiger partial charge in [0.15, 0.2) is 5.78 Å². The van der Waals surface area contributed by atoms with Gasteiger partial charge in [-0.15, -0.1) is 0 Å². The Bertz CT molecular complexity index is 1230. The number of carbonyl (C=O) groups is 3. The number of carbonyl (C=O) groups excluding carboxylic acids is 3. The zero-order valence-corrected chi connectivity index (χ0v) is 22.9. The van der Waals surface area contributed by atoms with E-state index in [2.05, 4.69) is 10.6 Å². The fraction of sp³-hybridized carbons (Fsp3) is 0.323. The van der Waals surface area contributed by atoms with Crippen molar-refractivity contribution in [3.05, 3.63) is 101 Å². The monoisotopic (exact) mass is 530 g/mol. The number of ketones is 1. The zero-order chi connectivity index (χ0) is 28.2. The number of nitrogens with one attached hydrogen (secondary N) is 2. The molecule has 0 aliphatic rings. The van der Waals surface area contributed by atoms with Crippen LogP contribution in [-0.4, -0.2) is 55.4 Å². The highest BCUT2D eigenvalue weighted by atomic mass is 16.6. The first-order valence-corrected chi connectivity index (χ1v) is 13.1. The van der Waals surface area contributed by atoms with Gasteiger partial charge in [-0.3, -0.25) is 14.5 Å². The van der Waals surface area contributed by atoms with E-state index < -0.39 is 6.09 Å². The number of likely N-dealkylation sites (N-methyl/N-ethyl adjacent to an activating group) is 1. The van der Waals surface area contributed by atoms with Crippen molar-refractivity contribution in [1.82, 2.24) is 15.5 Å². The number of benzene rings is 3. The van der Waals surface area contributed by atoms with Crippen molar-refractivity contribution in [2.24, 2.45) is 5.73 Å². The molecule has 206 valence electrons. The third-order valence-corrected chi connectivity index (χ3v) is 6.55. The second kappa shape index (κ2) is 14.8. The lowest BCUT2D eigenvalue weighted by molar-refractivity contribution is -0.119. The molecule has 0 radical (unpaired) electrons. The second-order valence-corrected chi connectivity index (χ2v) is 9.76. The molecule has 2 atom stereocenters. The summed E-state index contributed by atoms with van der Waals surface area (Å²) in [6.07, 6.45) is 1.47. The molecule has 3 rings (SSSR count). The molecule has 0 fully saturated rings. The molecule has 0 aromatic heterocycles. The highest BCUT2D eigenvalue weighted by Crippen LogP contribution is 2.20. The first kappa shape index (κ1) is 29.5. The van der Waals surface area contributed by atoms with Crippen LogP contribution in [0, 0.1) is 0 Å². The number of aryl methyl sites for hydroxylation is 1. The number of hydrogen-bond acceptors (Lipinski definition) is 6. The van der Waals surface area contributed by atoms with Gasteiger partial charge in [-0.25, -0.2) is 4.79 Å². The van der Waals surface area contributed by atoms with E-state index in [4.69, 9.17) is 10.5 Å². The summed E-state index contributed by atoms with van der Waals surface area (Å²) in [6.45, 7) is 2.75. The summed E-state index contributed by atoms with van der Waals surface area (Å²) in [5, 5.41) is 5.84. The van der Waals surface area contributed by atoms with E-state index in [1.165, 1.54) is 0 Å². The summed E-state index contributed by atoms with van der Waals surface area (Å²) in [5.41, 5.74) is 8.93. The lowest BCUT2D eigenvalue weighted by atomic mass is 9.92. The summed E-state index contributed by atoms with van der Waals surface area (Å²) in [4.78, 5) is 39.0. The third-order valence-electron chi connectivity index (χ3n) is 6.55.